The molecule has 1 aliphatic heterocycles. The molecular weight excluding hydrogens is 304 g/mol. The predicted molar refractivity (Wildman–Crippen MR) is 90.9 cm³/mol. The predicted octanol–water partition coefficient (Wildman–Crippen LogP) is 1.81. The number of amides is 1. The summed E-state index contributed by atoms with van der Waals surface area (Å²) in [6, 6.07) is 10.9. The number of likely N-dealkylation sites (tertiary alicyclic amines) is 1. The van der Waals surface area contributed by atoms with Crippen LogP contribution in [-0.4, -0.2) is 38.7 Å². The number of fused-ring (bicyclic) bond motifs is 1. The van der Waals surface area contributed by atoms with E-state index in [0.29, 0.717) is 25.2 Å². The number of aromatic amines is 1. The summed E-state index contributed by atoms with van der Waals surface area (Å²) in [5.74, 6) is 0.308. The first kappa shape index (κ1) is 14.7. The molecule has 3 aromatic rings. The first-order valence-corrected chi connectivity index (χ1v) is 8.01. The van der Waals surface area contributed by atoms with Crippen LogP contribution in [0.25, 0.3) is 10.9 Å². The van der Waals surface area contributed by atoms with Crippen molar-refractivity contribution in [3.8, 4) is 0 Å². The summed E-state index contributed by atoms with van der Waals surface area (Å²) in [5.41, 5.74) is 2.38. The van der Waals surface area contributed by atoms with Crippen LogP contribution in [0.2, 0.25) is 0 Å². The number of aryl methyl sites for hydroxylation is 1. The summed E-state index contributed by atoms with van der Waals surface area (Å²) >= 11 is 0. The second-order valence-corrected chi connectivity index (χ2v) is 6.35. The summed E-state index contributed by atoms with van der Waals surface area (Å²) in [5, 5.41) is 5.34. The Balaban J connectivity index is 1.42. The molecule has 6 nitrogen and oxygen atoms in total. The second kappa shape index (κ2) is 5.63. The van der Waals surface area contributed by atoms with E-state index >= 15 is 0 Å². The molecule has 0 radical (unpaired) electrons. The van der Waals surface area contributed by atoms with Crippen LogP contribution in [0.1, 0.15) is 16.1 Å². The molecule has 24 heavy (non-hydrogen) atoms. The Labute approximate surface area is 138 Å². The first-order valence-electron chi connectivity index (χ1n) is 8.01. The van der Waals surface area contributed by atoms with Gasteiger partial charge in [-0.3, -0.25) is 9.59 Å². The highest BCUT2D eigenvalue weighted by Crippen LogP contribution is 2.22. The van der Waals surface area contributed by atoms with Crippen molar-refractivity contribution in [1.82, 2.24) is 19.7 Å². The highest BCUT2D eigenvalue weighted by Gasteiger charge is 2.31. The fourth-order valence-electron chi connectivity index (χ4n) is 3.14. The maximum Gasteiger partial charge on any atom is 0.266 e. The number of hydrogen-bond donors (Lipinski definition) is 1. The SMILES string of the molecule is Cc1ccc(=O)n(CC2CN(C(=O)c3ccc4cc[nH]c4c3)C2)n1. The van der Waals surface area contributed by atoms with Gasteiger partial charge in [-0.05, 0) is 36.6 Å². The molecule has 0 unspecified atom stereocenters. The Morgan fingerprint density at radius 3 is 2.92 bits per heavy atom. The van der Waals surface area contributed by atoms with Crippen LogP contribution in [0.5, 0.6) is 0 Å². The van der Waals surface area contributed by atoms with Gasteiger partial charge in [0, 0.05) is 42.4 Å². The summed E-state index contributed by atoms with van der Waals surface area (Å²) in [7, 11) is 0. The Bertz CT molecular complexity index is 966. The number of H-pyrrole nitrogens is 1. The Morgan fingerprint density at radius 2 is 2.08 bits per heavy atom. The van der Waals surface area contributed by atoms with Crippen molar-refractivity contribution >= 4 is 16.8 Å². The van der Waals surface area contributed by atoms with Gasteiger partial charge < -0.3 is 9.88 Å². The van der Waals surface area contributed by atoms with Crippen LogP contribution in [0.4, 0.5) is 0 Å². The number of carbonyl (C=O) groups excluding carboxylic acids is 1. The van der Waals surface area contributed by atoms with Gasteiger partial charge in [0.05, 0.1) is 12.2 Å². The van der Waals surface area contributed by atoms with Crippen molar-refractivity contribution in [3.63, 3.8) is 0 Å². The molecule has 1 fully saturated rings. The number of aromatic nitrogens is 3. The van der Waals surface area contributed by atoms with Crippen molar-refractivity contribution in [2.75, 3.05) is 13.1 Å². The van der Waals surface area contributed by atoms with E-state index in [1.165, 1.54) is 10.7 Å². The minimum atomic E-state index is -0.0948. The highest BCUT2D eigenvalue weighted by atomic mass is 16.2. The summed E-state index contributed by atoms with van der Waals surface area (Å²) in [6.07, 6.45) is 1.87. The van der Waals surface area contributed by atoms with Crippen LogP contribution in [-0.2, 0) is 6.54 Å². The van der Waals surface area contributed by atoms with Gasteiger partial charge in [0.15, 0.2) is 0 Å². The van der Waals surface area contributed by atoms with Crippen molar-refractivity contribution in [2.45, 2.75) is 13.5 Å². The second-order valence-electron chi connectivity index (χ2n) is 6.35. The molecule has 6 heteroatoms. The molecule has 0 saturated carbocycles. The summed E-state index contributed by atoms with van der Waals surface area (Å²) in [6.45, 7) is 3.73. The van der Waals surface area contributed by atoms with E-state index in [2.05, 4.69) is 10.1 Å². The van der Waals surface area contributed by atoms with E-state index < -0.39 is 0 Å². The maximum absolute atomic E-state index is 12.5. The molecule has 2 aromatic heterocycles. The van der Waals surface area contributed by atoms with Crippen molar-refractivity contribution in [2.24, 2.45) is 5.92 Å². The summed E-state index contributed by atoms with van der Waals surface area (Å²) in [4.78, 5) is 29.3. The molecule has 1 amide bonds. The van der Waals surface area contributed by atoms with Crippen molar-refractivity contribution < 1.29 is 4.79 Å². The number of nitrogens with zero attached hydrogens (tertiary/aromatic N) is 3. The lowest BCUT2D eigenvalue weighted by Crippen LogP contribution is -2.52. The zero-order valence-corrected chi connectivity index (χ0v) is 13.4. The number of benzene rings is 1. The van der Waals surface area contributed by atoms with Crippen molar-refractivity contribution in [3.05, 3.63) is 64.2 Å². The molecule has 0 spiro atoms. The number of nitrogens with one attached hydrogen (secondary N) is 1. The zero-order chi connectivity index (χ0) is 16.7. The van der Waals surface area contributed by atoms with Gasteiger partial charge in [0.1, 0.15) is 0 Å². The van der Waals surface area contributed by atoms with E-state index in [1.54, 1.807) is 6.07 Å². The van der Waals surface area contributed by atoms with Crippen LogP contribution < -0.4 is 5.56 Å². The molecule has 1 aliphatic rings. The molecule has 0 bridgehead atoms. The highest BCUT2D eigenvalue weighted by molar-refractivity contribution is 5.98. The van der Waals surface area contributed by atoms with Crippen LogP contribution in [0, 0.1) is 12.8 Å². The minimum Gasteiger partial charge on any atom is -0.361 e. The molecule has 122 valence electrons. The Kier molecular flexibility index (Phi) is 3.45. The maximum atomic E-state index is 12.5. The first-order chi connectivity index (χ1) is 11.6. The lowest BCUT2D eigenvalue weighted by Gasteiger charge is -2.39. The van der Waals surface area contributed by atoms with Gasteiger partial charge in [-0.1, -0.05) is 6.07 Å². The average molecular weight is 322 g/mol. The fraction of sp³-hybridized carbons (Fsp3) is 0.278. The number of carbonyl (C=O) groups is 1. The van der Waals surface area contributed by atoms with Gasteiger partial charge >= 0.3 is 0 Å². The van der Waals surface area contributed by atoms with Gasteiger partial charge in [0.25, 0.3) is 11.5 Å². The van der Waals surface area contributed by atoms with Gasteiger partial charge in [0.2, 0.25) is 0 Å². The third-order valence-electron chi connectivity index (χ3n) is 4.48. The smallest absolute Gasteiger partial charge is 0.266 e. The van der Waals surface area contributed by atoms with Crippen LogP contribution in [0.15, 0.2) is 47.4 Å². The lowest BCUT2D eigenvalue weighted by atomic mass is 9.98. The molecule has 1 aromatic carbocycles. The average Bonchev–Trinajstić information content (AvgIpc) is 3.00. The van der Waals surface area contributed by atoms with Crippen LogP contribution >= 0.6 is 0 Å². The third-order valence-corrected chi connectivity index (χ3v) is 4.48. The largest absolute Gasteiger partial charge is 0.361 e. The number of hydrogen-bond acceptors (Lipinski definition) is 3. The third kappa shape index (κ3) is 2.60. The van der Waals surface area contributed by atoms with Gasteiger partial charge in [-0.25, -0.2) is 4.68 Å². The number of rotatable bonds is 3. The van der Waals surface area contributed by atoms with E-state index in [9.17, 15) is 9.59 Å². The van der Waals surface area contributed by atoms with Gasteiger partial charge in [-0.15, -0.1) is 0 Å². The zero-order valence-electron chi connectivity index (χ0n) is 13.4. The lowest BCUT2D eigenvalue weighted by molar-refractivity contribution is 0.0458. The molecule has 3 heterocycles. The van der Waals surface area contributed by atoms with Gasteiger partial charge in [-0.2, -0.15) is 5.10 Å². The standard InChI is InChI=1S/C18H18N4O2/c1-12-2-5-17(23)22(20-12)11-13-9-21(10-13)18(24)15-4-3-14-6-7-19-16(14)8-15/h2-8,13,19H,9-11H2,1H3. The molecule has 0 aliphatic carbocycles. The molecule has 4 rings (SSSR count). The molecule has 1 saturated heterocycles. The molecular formula is C18H18N4O2. The van der Waals surface area contributed by atoms with E-state index in [1.807, 2.05) is 42.3 Å². The van der Waals surface area contributed by atoms with Crippen molar-refractivity contribution in [1.29, 1.82) is 0 Å². The topological polar surface area (TPSA) is 71.0 Å². The molecule has 1 N–H and O–H groups in total. The Morgan fingerprint density at radius 1 is 1.25 bits per heavy atom. The Hall–Kier alpha value is -2.89. The summed E-state index contributed by atoms with van der Waals surface area (Å²) < 4.78 is 1.49. The quantitative estimate of drug-likeness (QED) is 0.799. The van der Waals surface area contributed by atoms with E-state index in [-0.39, 0.29) is 17.4 Å². The van der Waals surface area contributed by atoms with Crippen LogP contribution in [0.3, 0.4) is 0 Å². The molecule has 0 atom stereocenters. The normalized spacial score (nSPS) is 14.8. The minimum absolute atomic E-state index is 0.0345. The van der Waals surface area contributed by atoms with E-state index in [4.69, 9.17) is 0 Å². The monoisotopic (exact) mass is 322 g/mol. The van der Waals surface area contributed by atoms with E-state index in [0.717, 1.165) is 16.6 Å². The fourth-order valence-corrected chi connectivity index (χ4v) is 3.14.